The number of halogens is 1. The molecule has 0 bridgehead atoms. The SMILES string of the molecule is Oc1cc(-c2ccc3cccnc3c2)ccc1Cl. The lowest BCUT2D eigenvalue weighted by Crippen LogP contribution is -1.81. The summed E-state index contributed by atoms with van der Waals surface area (Å²) in [4.78, 5) is 4.32. The molecule has 3 aromatic rings. The maximum atomic E-state index is 9.63. The van der Waals surface area contributed by atoms with Crippen molar-refractivity contribution in [2.75, 3.05) is 0 Å². The van der Waals surface area contributed by atoms with Gasteiger partial charge < -0.3 is 5.11 Å². The monoisotopic (exact) mass is 255 g/mol. The van der Waals surface area contributed by atoms with E-state index in [1.807, 2.05) is 36.4 Å². The second-order valence-corrected chi connectivity index (χ2v) is 4.48. The standard InChI is InChI=1S/C15H10ClNO/c16-13-6-5-12(9-15(13)18)11-4-3-10-2-1-7-17-14(10)8-11/h1-9,18H. The molecule has 0 fully saturated rings. The van der Waals surface area contributed by atoms with Crippen molar-refractivity contribution in [2.45, 2.75) is 0 Å². The molecule has 0 aliphatic rings. The molecule has 0 unspecified atom stereocenters. The number of pyridine rings is 1. The second kappa shape index (κ2) is 4.31. The number of aromatic hydroxyl groups is 1. The first kappa shape index (κ1) is 11.1. The largest absolute Gasteiger partial charge is 0.506 e. The number of aromatic nitrogens is 1. The summed E-state index contributed by atoms with van der Waals surface area (Å²) in [5, 5.41) is 11.1. The van der Waals surface area contributed by atoms with Crippen molar-refractivity contribution in [1.82, 2.24) is 4.98 Å². The number of rotatable bonds is 1. The molecule has 1 N–H and O–H groups in total. The van der Waals surface area contributed by atoms with E-state index in [4.69, 9.17) is 11.6 Å². The van der Waals surface area contributed by atoms with Crippen molar-refractivity contribution < 1.29 is 5.11 Å². The molecule has 3 heteroatoms. The Morgan fingerprint density at radius 3 is 2.56 bits per heavy atom. The fourth-order valence-corrected chi connectivity index (χ4v) is 2.06. The fourth-order valence-electron chi connectivity index (χ4n) is 1.94. The van der Waals surface area contributed by atoms with E-state index in [1.54, 1.807) is 18.3 Å². The normalized spacial score (nSPS) is 10.7. The lowest BCUT2D eigenvalue weighted by Gasteiger charge is -2.05. The minimum Gasteiger partial charge on any atom is -0.506 e. The summed E-state index contributed by atoms with van der Waals surface area (Å²) in [5.74, 6) is 0.0929. The summed E-state index contributed by atoms with van der Waals surface area (Å²) >= 11 is 5.80. The Labute approximate surface area is 109 Å². The molecule has 88 valence electrons. The molecular formula is C15H10ClNO. The van der Waals surface area contributed by atoms with Crippen molar-refractivity contribution in [2.24, 2.45) is 0 Å². The van der Waals surface area contributed by atoms with Crippen LogP contribution in [-0.2, 0) is 0 Å². The number of fused-ring (bicyclic) bond motifs is 1. The van der Waals surface area contributed by atoms with E-state index >= 15 is 0 Å². The summed E-state index contributed by atoms with van der Waals surface area (Å²) < 4.78 is 0. The van der Waals surface area contributed by atoms with Gasteiger partial charge in [-0.05, 0) is 35.4 Å². The predicted molar refractivity (Wildman–Crippen MR) is 73.9 cm³/mol. The highest BCUT2D eigenvalue weighted by molar-refractivity contribution is 6.32. The van der Waals surface area contributed by atoms with Gasteiger partial charge in [0.05, 0.1) is 10.5 Å². The minimum absolute atomic E-state index is 0.0929. The molecule has 0 aliphatic carbocycles. The van der Waals surface area contributed by atoms with Crippen LogP contribution in [0.5, 0.6) is 5.75 Å². The Morgan fingerprint density at radius 2 is 1.72 bits per heavy atom. The van der Waals surface area contributed by atoms with Gasteiger partial charge in [-0.1, -0.05) is 35.9 Å². The zero-order valence-electron chi connectivity index (χ0n) is 9.47. The molecule has 0 amide bonds. The third-order valence-electron chi connectivity index (χ3n) is 2.89. The average molecular weight is 256 g/mol. The van der Waals surface area contributed by atoms with Crippen LogP contribution in [0.2, 0.25) is 5.02 Å². The van der Waals surface area contributed by atoms with Gasteiger partial charge in [0.15, 0.2) is 0 Å². The highest BCUT2D eigenvalue weighted by atomic mass is 35.5. The number of hydrogen-bond donors (Lipinski definition) is 1. The van der Waals surface area contributed by atoms with Crippen molar-refractivity contribution in [3.8, 4) is 16.9 Å². The molecule has 0 aliphatic heterocycles. The third-order valence-corrected chi connectivity index (χ3v) is 3.20. The van der Waals surface area contributed by atoms with E-state index in [1.165, 1.54) is 0 Å². The first-order valence-electron chi connectivity index (χ1n) is 5.58. The van der Waals surface area contributed by atoms with Crippen LogP contribution in [-0.4, -0.2) is 10.1 Å². The van der Waals surface area contributed by atoms with Crippen molar-refractivity contribution >= 4 is 22.5 Å². The maximum absolute atomic E-state index is 9.63. The van der Waals surface area contributed by atoms with E-state index in [9.17, 15) is 5.11 Å². The molecule has 2 nitrogen and oxygen atoms in total. The average Bonchev–Trinajstić information content (AvgIpc) is 2.41. The summed E-state index contributed by atoms with van der Waals surface area (Å²) in [7, 11) is 0. The number of phenolic OH excluding ortho intramolecular Hbond substituents is 1. The van der Waals surface area contributed by atoms with Crippen LogP contribution in [0.15, 0.2) is 54.7 Å². The van der Waals surface area contributed by atoms with E-state index in [0.717, 1.165) is 22.0 Å². The van der Waals surface area contributed by atoms with E-state index in [2.05, 4.69) is 4.98 Å². The zero-order chi connectivity index (χ0) is 12.5. The topological polar surface area (TPSA) is 33.1 Å². The Hall–Kier alpha value is -2.06. The molecule has 0 radical (unpaired) electrons. The molecule has 1 aromatic heterocycles. The van der Waals surface area contributed by atoms with Gasteiger partial charge in [-0.3, -0.25) is 4.98 Å². The van der Waals surface area contributed by atoms with E-state index < -0.39 is 0 Å². The molecule has 2 aromatic carbocycles. The first-order chi connectivity index (χ1) is 8.74. The summed E-state index contributed by atoms with van der Waals surface area (Å²) in [6.07, 6.45) is 1.77. The van der Waals surface area contributed by atoms with Gasteiger partial charge in [-0.25, -0.2) is 0 Å². The maximum Gasteiger partial charge on any atom is 0.134 e. The second-order valence-electron chi connectivity index (χ2n) is 4.08. The summed E-state index contributed by atoms with van der Waals surface area (Å²) in [6, 6.07) is 15.2. The van der Waals surface area contributed by atoms with Gasteiger partial charge in [0.2, 0.25) is 0 Å². The Morgan fingerprint density at radius 1 is 0.944 bits per heavy atom. The zero-order valence-corrected chi connectivity index (χ0v) is 10.2. The van der Waals surface area contributed by atoms with Crippen molar-refractivity contribution in [3.63, 3.8) is 0 Å². The van der Waals surface area contributed by atoms with Crippen molar-refractivity contribution in [3.05, 3.63) is 59.8 Å². The van der Waals surface area contributed by atoms with Gasteiger partial charge in [0.1, 0.15) is 5.75 Å². The molecule has 18 heavy (non-hydrogen) atoms. The smallest absolute Gasteiger partial charge is 0.134 e. The van der Waals surface area contributed by atoms with Crippen molar-refractivity contribution in [1.29, 1.82) is 0 Å². The minimum atomic E-state index is 0.0929. The van der Waals surface area contributed by atoms with Crippen LogP contribution >= 0.6 is 11.6 Å². The van der Waals surface area contributed by atoms with E-state index in [0.29, 0.717) is 5.02 Å². The number of nitrogens with zero attached hydrogens (tertiary/aromatic N) is 1. The molecule has 3 rings (SSSR count). The van der Waals surface area contributed by atoms with Crippen LogP contribution < -0.4 is 0 Å². The predicted octanol–water partition coefficient (Wildman–Crippen LogP) is 4.26. The molecule has 0 saturated heterocycles. The Kier molecular flexibility index (Phi) is 2.65. The van der Waals surface area contributed by atoms with Gasteiger partial charge in [-0.15, -0.1) is 0 Å². The van der Waals surface area contributed by atoms with Gasteiger partial charge >= 0.3 is 0 Å². The van der Waals surface area contributed by atoms with Crippen LogP contribution in [0.4, 0.5) is 0 Å². The van der Waals surface area contributed by atoms with E-state index in [-0.39, 0.29) is 5.75 Å². The Balaban J connectivity index is 2.16. The molecular weight excluding hydrogens is 246 g/mol. The van der Waals surface area contributed by atoms with Gasteiger partial charge in [0.25, 0.3) is 0 Å². The highest BCUT2D eigenvalue weighted by Gasteiger charge is 2.03. The van der Waals surface area contributed by atoms with Crippen LogP contribution in [0.1, 0.15) is 0 Å². The molecule has 1 heterocycles. The van der Waals surface area contributed by atoms with Gasteiger partial charge in [0, 0.05) is 11.6 Å². The molecule has 0 spiro atoms. The highest BCUT2D eigenvalue weighted by Crippen LogP contribution is 2.30. The lowest BCUT2D eigenvalue weighted by molar-refractivity contribution is 0.476. The quantitative estimate of drug-likeness (QED) is 0.705. The Bertz CT molecular complexity index is 725. The summed E-state index contributed by atoms with van der Waals surface area (Å²) in [6.45, 7) is 0. The first-order valence-corrected chi connectivity index (χ1v) is 5.95. The number of benzene rings is 2. The van der Waals surface area contributed by atoms with Crippen LogP contribution in [0.3, 0.4) is 0 Å². The van der Waals surface area contributed by atoms with Crippen LogP contribution in [0, 0.1) is 0 Å². The van der Waals surface area contributed by atoms with Gasteiger partial charge in [-0.2, -0.15) is 0 Å². The molecule has 0 atom stereocenters. The number of hydrogen-bond acceptors (Lipinski definition) is 2. The van der Waals surface area contributed by atoms with Crippen LogP contribution in [0.25, 0.3) is 22.0 Å². The number of phenols is 1. The summed E-state index contributed by atoms with van der Waals surface area (Å²) in [5.41, 5.74) is 2.86. The lowest BCUT2D eigenvalue weighted by atomic mass is 10.0. The third kappa shape index (κ3) is 1.91. The fraction of sp³-hybridized carbons (Fsp3) is 0. The molecule has 0 saturated carbocycles.